The van der Waals surface area contributed by atoms with Crippen molar-refractivity contribution in [3.8, 4) is 22.0 Å². The molecule has 1 saturated carbocycles. The van der Waals surface area contributed by atoms with Crippen LogP contribution in [0.3, 0.4) is 0 Å². The number of thiophene rings is 1. The molecule has 0 saturated heterocycles. The topological polar surface area (TPSA) is 116 Å². The maximum absolute atomic E-state index is 12.8. The van der Waals surface area contributed by atoms with Crippen molar-refractivity contribution in [1.29, 1.82) is 0 Å². The Hall–Kier alpha value is -3.09. The molecule has 1 atom stereocenters. The second-order valence-electron chi connectivity index (χ2n) is 7.48. The van der Waals surface area contributed by atoms with Crippen LogP contribution in [0.2, 0.25) is 0 Å². The van der Waals surface area contributed by atoms with Crippen LogP contribution in [0.5, 0.6) is 0 Å². The highest BCUT2D eigenvalue weighted by Crippen LogP contribution is 2.42. The molecule has 1 aliphatic rings. The Balaban J connectivity index is 1.28. The van der Waals surface area contributed by atoms with Crippen molar-refractivity contribution in [3.63, 3.8) is 0 Å². The lowest BCUT2D eigenvalue weighted by Gasteiger charge is -2.12. The summed E-state index contributed by atoms with van der Waals surface area (Å²) in [5.41, 5.74) is 1.20. The number of thioether (sulfide) groups is 1. The average molecular weight is 499 g/mol. The van der Waals surface area contributed by atoms with Gasteiger partial charge in [-0.2, -0.15) is 0 Å². The van der Waals surface area contributed by atoms with Crippen LogP contribution < -0.4 is 5.32 Å². The third-order valence-electron chi connectivity index (χ3n) is 5.06. The van der Waals surface area contributed by atoms with Crippen molar-refractivity contribution in [2.75, 3.05) is 5.32 Å². The van der Waals surface area contributed by atoms with Crippen LogP contribution >= 0.6 is 34.4 Å². The molecule has 33 heavy (non-hydrogen) atoms. The van der Waals surface area contributed by atoms with Crippen molar-refractivity contribution in [3.05, 3.63) is 57.3 Å². The summed E-state index contributed by atoms with van der Waals surface area (Å²) in [6, 6.07) is 10.7. The quantitative estimate of drug-likeness (QED) is 0.194. The highest BCUT2D eigenvalue weighted by Gasteiger charge is 2.32. The third-order valence-corrected chi connectivity index (χ3v) is 7.74. The maximum atomic E-state index is 12.8. The number of nitro benzene ring substituents is 1. The van der Waals surface area contributed by atoms with Crippen molar-refractivity contribution in [2.24, 2.45) is 0 Å². The van der Waals surface area contributed by atoms with Crippen LogP contribution in [-0.4, -0.2) is 35.8 Å². The van der Waals surface area contributed by atoms with Crippen LogP contribution in [-0.2, 0) is 4.79 Å². The predicted molar refractivity (Wildman–Crippen MR) is 130 cm³/mol. The molecule has 1 amide bonds. The lowest BCUT2D eigenvalue weighted by Crippen LogP contribution is -2.22. The van der Waals surface area contributed by atoms with Gasteiger partial charge in [0.2, 0.25) is 5.91 Å². The smallest absolute Gasteiger partial charge is 0.270 e. The molecular weight excluding hydrogens is 480 g/mol. The molecule has 9 nitrogen and oxygen atoms in total. The van der Waals surface area contributed by atoms with Crippen LogP contribution in [0.15, 0.2) is 52.3 Å². The van der Waals surface area contributed by atoms with Gasteiger partial charge in [0, 0.05) is 29.1 Å². The molecule has 1 aromatic carbocycles. The van der Waals surface area contributed by atoms with Gasteiger partial charge < -0.3 is 5.32 Å². The highest BCUT2D eigenvalue weighted by atomic mass is 32.2. The van der Waals surface area contributed by atoms with Gasteiger partial charge in [0.1, 0.15) is 0 Å². The van der Waals surface area contributed by atoms with Gasteiger partial charge in [-0.1, -0.05) is 30.0 Å². The summed E-state index contributed by atoms with van der Waals surface area (Å²) >= 11 is 4.28. The number of benzene rings is 1. The average Bonchev–Trinajstić information content (AvgIpc) is 3.20. The molecule has 1 N–H and O–H groups in total. The number of non-ortho nitro benzene ring substituents is 1. The van der Waals surface area contributed by atoms with Crippen molar-refractivity contribution < 1.29 is 9.72 Å². The number of hydrogen-bond donors (Lipinski definition) is 1. The molecule has 0 aliphatic heterocycles. The fraction of sp³-hybridized carbons (Fsp3) is 0.238. The van der Waals surface area contributed by atoms with E-state index in [4.69, 9.17) is 0 Å². The Kier molecular flexibility index (Phi) is 5.96. The molecule has 3 aromatic heterocycles. The lowest BCUT2D eigenvalue weighted by molar-refractivity contribution is -0.384. The largest absolute Gasteiger partial charge is 0.301 e. The van der Waals surface area contributed by atoms with Crippen molar-refractivity contribution in [1.82, 2.24) is 19.7 Å². The molecule has 3 heterocycles. The van der Waals surface area contributed by atoms with Crippen LogP contribution in [0.1, 0.15) is 25.8 Å². The molecule has 12 heteroatoms. The zero-order chi connectivity index (χ0) is 22.9. The molecule has 4 aromatic rings. The third kappa shape index (κ3) is 4.68. The Morgan fingerprint density at radius 1 is 1.27 bits per heavy atom. The number of aromatic nitrogens is 4. The second kappa shape index (κ2) is 9.04. The van der Waals surface area contributed by atoms with Gasteiger partial charge in [0.25, 0.3) is 5.69 Å². The second-order valence-corrected chi connectivity index (χ2v) is 10.6. The van der Waals surface area contributed by atoms with Gasteiger partial charge in [-0.05, 0) is 31.2 Å². The summed E-state index contributed by atoms with van der Waals surface area (Å²) in [4.78, 5) is 28.9. The molecule has 0 spiro atoms. The molecular formula is C21H18N6O3S3. The fourth-order valence-corrected chi connectivity index (χ4v) is 5.60. The number of nitro groups is 1. The summed E-state index contributed by atoms with van der Waals surface area (Å²) in [5.74, 6) is 0.659. The Morgan fingerprint density at radius 2 is 2.12 bits per heavy atom. The summed E-state index contributed by atoms with van der Waals surface area (Å²) in [6.07, 6.45) is 2.17. The first-order valence-corrected chi connectivity index (χ1v) is 12.8. The van der Waals surface area contributed by atoms with E-state index < -0.39 is 10.2 Å². The van der Waals surface area contributed by atoms with E-state index in [2.05, 4.69) is 25.1 Å². The number of nitrogens with one attached hydrogen (secondary N) is 1. The SMILES string of the molecule is C[C@@H](Sc1nnc(-c2cccs2)n1C1CC1)C(=O)Nc1nc(-c2cccc([N+](=O)[O-])c2)cs1. The number of carbonyl (C=O) groups excluding carboxylic acids is 1. The molecule has 0 unspecified atom stereocenters. The minimum atomic E-state index is -0.443. The van der Waals surface area contributed by atoms with Gasteiger partial charge in [0.15, 0.2) is 16.1 Å². The predicted octanol–water partition coefficient (Wildman–Crippen LogP) is 5.49. The van der Waals surface area contributed by atoms with Gasteiger partial charge in [-0.25, -0.2) is 4.98 Å². The van der Waals surface area contributed by atoms with Gasteiger partial charge in [-0.3, -0.25) is 19.5 Å². The Morgan fingerprint density at radius 3 is 2.85 bits per heavy atom. The number of nitrogens with zero attached hydrogens (tertiary/aromatic N) is 5. The number of rotatable bonds is 8. The summed E-state index contributed by atoms with van der Waals surface area (Å²) < 4.78 is 2.14. The van der Waals surface area contributed by atoms with E-state index >= 15 is 0 Å². The number of carbonyl (C=O) groups is 1. The molecule has 1 aliphatic carbocycles. The summed E-state index contributed by atoms with van der Waals surface area (Å²) in [5, 5.41) is 27.2. The fourth-order valence-electron chi connectivity index (χ4n) is 3.25. The monoisotopic (exact) mass is 498 g/mol. The van der Waals surface area contributed by atoms with E-state index in [1.165, 1.54) is 35.2 Å². The van der Waals surface area contributed by atoms with Gasteiger partial charge in [-0.15, -0.1) is 32.9 Å². The molecule has 0 bridgehead atoms. The van der Waals surface area contributed by atoms with E-state index in [1.807, 2.05) is 24.4 Å². The number of anilines is 1. The molecule has 0 radical (unpaired) electrons. The maximum Gasteiger partial charge on any atom is 0.270 e. The van der Waals surface area contributed by atoms with E-state index in [-0.39, 0.29) is 11.6 Å². The zero-order valence-corrected chi connectivity index (χ0v) is 19.8. The first-order valence-electron chi connectivity index (χ1n) is 10.2. The Bertz CT molecular complexity index is 1310. The summed E-state index contributed by atoms with van der Waals surface area (Å²) in [6.45, 7) is 1.83. The minimum Gasteiger partial charge on any atom is -0.301 e. The van der Waals surface area contributed by atoms with Crippen LogP contribution in [0.25, 0.3) is 22.0 Å². The van der Waals surface area contributed by atoms with Crippen LogP contribution in [0.4, 0.5) is 10.8 Å². The molecule has 5 rings (SSSR count). The molecule has 168 valence electrons. The number of amides is 1. The van der Waals surface area contributed by atoms with E-state index in [1.54, 1.807) is 28.8 Å². The number of hydrogen-bond acceptors (Lipinski definition) is 9. The summed E-state index contributed by atoms with van der Waals surface area (Å²) in [7, 11) is 0. The minimum absolute atomic E-state index is 0.00204. The van der Waals surface area contributed by atoms with E-state index in [0.717, 1.165) is 28.7 Å². The van der Waals surface area contributed by atoms with Crippen molar-refractivity contribution in [2.45, 2.75) is 36.2 Å². The molecule has 1 fully saturated rings. The van der Waals surface area contributed by atoms with Gasteiger partial charge in [0.05, 0.1) is 20.7 Å². The van der Waals surface area contributed by atoms with Gasteiger partial charge >= 0.3 is 0 Å². The van der Waals surface area contributed by atoms with E-state index in [0.29, 0.717) is 22.4 Å². The first-order chi connectivity index (χ1) is 16.0. The highest BCUT2D eigenvalue weighted by molar-refractivity contribution is 8.00. The first kappa shape index (κ1) is 21.7. The normalized spacial score (nSPS) is 14.2. The Labute approximate surface area is 201 Å². The lowest BCUT2D eigenvalue weighted by atomic mass is 10.1. The van der Waals surface area contributed by atoms with Crippen LogP contribution in [0, 0.1) is 10.1 Å². The van der Waals surface area contributed by atoms with Crippen molar-refractivity contribution >= 4 is 51.2 Å². The number of thiazole rings is 1. The van der Waals surface area contributed by atoms with E-state index in [9.17, 15) is 14.9 Å². The standard InChI is InChI=1S/C21H18N6O3S3/c1-12(33-21-25-24-18(17-6-3-9-31-17)26(21)14-7-8-14)19(28)23-20-22-16(11-32-20)13-4-2-5-15(10-13)27(29)30/h2-6,9-12,14H,7-8H2,1H3,(H,22,23,28)/t12-/m1/s1. The zero-order valence-electron chi connectivity index (χ0n) is 17.4.